The first-order valence-electron chi connectivity index (χ1n) is 6.94. The van der Waals surface area contributed by atoms with Crippen molar-refractivity contribution in [3.63, 3.8) is 0 Å². The van der Waals surface area contributed by atoms with Crippen LogP contribution in [0.2, 0.25) is 0 Å². The Morgan fingerprint density at radius 2 is 1.90 bits per heavy atom. The molecule has 0 fully saturated rings. The molecule has 4 heteroatoms. The predicted molar refractivity (Wildman–Crippen MR) is 81.2 cm³/mol. The topological polar surface area (TPSA) is 53.1 Å². The van der Waals surface area contributed by atoms with Gasteiger partial charge in [-0.15, -0.1) is 0 Å². The molecule has 1 aromatic heterocycles. The molecule has 0 saturated heterocycles. The van der Waals surface area contributed by atoms with Crippen LogP contribution in [0, 0.1) is 0 Å². The second-order valence-electron chi connectivity index (χ2n) is 5.33. The number of hydrogen-bond acceptors (Lipinski definition) is 3. The van der Waals surface area contributed by atoms with Crippen molar-refractivity contribution >= 4 is 0 Å². The van der Waals surface area contributed by atoms with Gasteiger partial charge in [0.1, 0.15) is 5.75 Å². The zero-order valence-corrected chi connectivity index (χ0v) is 12.6. The fraction of sp³-hybridized carbons (Fsp3) is 0.438. The third-order valence-electron chi connectivity index (χ3n) is 3.64. The van der Waals surface area contributed by atoms with E-state index in [4.69, 9.17) is 10.5 Å². The van der Waals surface area contributed by atoms with E-state index in [1.54, 1.807) is 7.11 Å². The van der Waals surface area contributed by atoms with Crippen molar-refractivity contribution < 1.29 is 4.74 Å². The first kappa shape index (κ1) is 14.6. The molecule has 1 unspecified atom stereocenters. The van der Waals surface area contributed by atoms with Gasteiger partial charge in [0.2, 0.25) is 0 Å². The lowest BCUT2D eigenvalue weighted by molar-refractivity contribution is 0.414. The number of aromatic nitrogens is 2. The van der Waals surface area contributed by atoms with Gasteiger partial charge in [0, 0.05) is 25.2 Å². The molecule has 0 bridgehead atoms. The van der Waals surface area contributed by atoms with Gasteiger partial charge in [0.25, 0.3) is 0 Å². The Labute approximate surface area is 120 Å². The quantitative estimate of drug-likeness (QED) is 0.911. The zero-order valence-electron chi connectivity index (χ0n) is 12.6. The maximum atomic E-state index is 5.99. The van der Waals surface area contributed by atoms with Gasteiger partial charge in [-0.25, -0.2) is 0 Å². The molecule has 0 radical (unpaired) electrons. The molecule has 0 aliphatic heterocycles. The first-order chi connectivity index (χ1) is 9.56. The maximum Gasteiger partial charge on any atom is 0.118 e. The minimum absolute atomic E-state index is 0.158. The molecule has 20 heavy (non-hydrogen) atoms. The Hall–Kier alpha value is -1.81. The van der Waals surface area contributed by atoms with Gasteiger partial charge in [-0.05, 0) is 29.7 Å². The SMILES string of the molecule is COc1ccc(C(CN)c2cc(C(C)C)nn2C)cc1. The number of aryl methyl sites for hydroxylation is 1. The normalized spacial score (nSPS) is 12.7. The second-order valence-corrected chi connectivity index (χ2v) is 5.33. The van der Waals surface area contributed by atoms with Crippen molar-refractivity contribution in [1.29, 1.82) is 0 Å². The third kappa shape index (κ3) is 2.85. The molecule has 1 atom stereocenters. The Bertz CT molecular complexity index is 558. The van der Waals surface area contributed by atoms with E-state index in [2.05, 4.69) is 37.1 Å². The summed E-state index contributed by atoms with van der Waals surface area (Å²) in [5.74, 6) is 1.44. The van der Waals surface area contributed by atoms with Gasteiger partial charge in [0.05, 0.1) is 12.8 Å². The van der Waals surface area contributed by atoms with Crippen molar-refractivity contribution in [2.75, 3.05) is 13.7 Å². The van der Waals surface area contributed by atoms with Crippen molar-refractivity contribution in [1.82, 2.24) is 9.78 Å². The smallest absolute Gasteiger partial charge is 0.118 e. The summed E-state index contributed by atoms with van der Waals surface area (Å²) in [4.78, 5) is 0. The standard InChI is InChI=1S/C16H23N3O/c1-11(2)15-9-16(19(3)18-15)14(10-17)12-5-7-13(20-4)8-6-12/h5-9,11,14H,10,17H2,1-4H3. The Morgan fingerprint density at radius 3 is 2.35 bits per heavy atom. The van der Waals surface area contributed by atoms with Crippen LogP contribution in [-0.4, -0.2) is 23.4 Å². The molecule has 0 saturated carbocycles. The highest BCUT2D eigenvalue weighted by Crippen LogP contribution is 2.27. The Kier molecular flexibility index (Phi) is 4.45. The summed E-state index contributed by atoms with van der Waals surface area (Å²) in [5, 5.41) is 4.57. The van der Waals surface area contributed by atoms with Crippen LogP contribution in [-0.2, 0) is 7.05 Å². The summed E-state index contributed by atoms with van der Waals surface area (Å²) in [6, 6.07) is 10.2. The summed E-state index contributed by atoms with van der Waals surface area (Å²) in [6.07, 6.45) is 0. The minimum atomic E-state index is 0.158. The summed E-state index contributed by atoms with van der Waals surface area (Å²) in [7, 11) is 3.65. The summed E-state index contributed by atoms with van der Waals surface area (Å²) >= 11 is 0. The fourth-order valence-electron chi connectivity index (χ4n) is 2.38. The molecule has 0 aliphatic rings. The molecular weight excluding hydrogens is 250 g/mol. The number of methoxy groups -OCH3 is 1. The lowest BCUT2D eigenvalue weighted by atomic mass is 9.94. The molecule has 1 aromatic carbocycles. The predicted octanol–water partition coefficient (Wildman–Crippen LogP) is 2.64. The van der Waals surface area contributed by atoms with Gasteiger partial charge < -0.3 is 10.5 Å². The highest BCUT2D eigenvalue weighted by atomic mass is 16.5. The van der Waals surface area contributed by atoms with E-state index in [1.165, 1.54) is 5.56 Å². The van der Waals surface area contributed by atoms with E-state index >= 15 is 0 Å². The van der Waals surface area contributed by atoms with Crippen LogP contribution >= 0.6 is 0 Å². The summed E-state index contributed by atoms with van der Waals surface area (Å²) in [5.41, 5.74) is 9.44. The minimum Gasteiger partial charge on any atom is -0.497 e. The number of hydrogen-bond donors (Lipinski definition) is 1. The van der Waals surface area contributed by atoms with Gasteiger partial charge in [-0.3, -0.25) is 4.68 Å². The first-order valence-corrected chi connectivity index (χ1v) is 6.94. The van der Waals surface area contributed by atoms with E-state index in [0.717, 1.165) is 17.1 Å². The Morgan fingerprint density at radius 1 is 1.25 bits per heavy atom. The van der Waals surface area contributed by atoms with Gasteiger partial charge in [-0.2, -0.15) is 5.10 Å². The monoisotopic (exact) mass is 273 g/mol. The molecule has 4 nitrogen and oxygen atoms in total. The van der Waals surface area contributed by atoms with Crippen LogP contribution in [0.1, 0.15) is 42.6 Å². The fourth-order valence-corrected chi connectivity index (χ4v) is 2.38. The largest absolute Gasteiger partial charge is 0.497 e. The molecule has 0 spiro atoms. The van der Waals surface area contributed by atoms with Gasteiger partial charge >= 0.3 is 0 Å². The van der Waals surface area contributed by atoms with Crippen molar-refractivity contribution in [3.05, 3.63) is 47.3 Å². The third-order valence-corrected chi connectivity index (χ3v) is 3.64. The molecule has 2 rings (SSSR count). The lowest BCUT2D eigenvalue weighted by Gasteiger charge is -2.16. The summed E-state index contributed by atoms with van der Waals surface area (Å²) < 4.78 is 7.14. The summed E-state index contributed by atoms with van der Waals surface area (Å²) in [6.45, 7) is 4.86. The maximum absolute atomic E-state index is 5.99. The molecule has 1 heterocycles. The molecule has 108 valence electrons. The molecular formula is C16H23N3O. The van der Waals surface area contributed by atoms with Gasteiger partial charge in [0.15, 0.2) is 0 Å². The van der Waals surface area contributed by atoms with Crippen LogP contribution in [0.15, 0.2) is 30.3 Å². The van der Waals surface area contributed by atoms with Gasteiger partial charge in [-0.1, -0.05) is 26.0 Å². The Balaban J connectivity index is 2.35. The van der Waals surface area contributed by atoms with E-state index in [0.29, 0.717) is 12.5 Å². The van der Waals surface area contributed by atoms with Crippen LogP contribution in [0.4, 0.5) is 0 Å². The average molecular weight is 273 g/mol. The van der Waals surface area contributed by atoms with E-state index in [1.807, 2.05) is 23.9 Å². The van der Waals surface area contributed by atoms with E-state index in [-0.39, 0.29) is 5.92 Å². The number of nitrogens with two attached hydrogens (primary N) is 1. The molecule has 0 aliphatic carbocycles. The highest BCUT2D eigenvalue weighted by Gasteiger charge is 2.18. The van der Waals surface area contributed by atoms with Crippen LogP contribution in [0.25, 0.3) is 0 Å². The highest BCUT2D eigenvalue weighted by molar-refractivity contribution is 5.35. The lowest BCUT2D eigenvalue weighted by Crippen LogP contribution is -2.17. The average Bonchev–Trinajstić information content (AvgIpc) is 2.83. The van der Waals surface area contributed by atoms with Crippen molar-refractivity contribution in [2.45, 2.75) is 25.7 Å². The number of benzene rings is 1. The van der Waals surface area contributed by atoms with Crippen molar-refractivity contribution in [2.24, 2.45) is 12.8 Å². The second kappa shape index (κ2) is 6.09. The van der Waals surface area contributed by atoms with E-state index in [9.17, 15) is 0 Å². The van der Waals surface area contributed by atoms with E-state index < -0.39 is 0 Å². The number of ether oxygens (including phenoxy) is 1. The number of rotatable bonds is 5. The molecule has 2 aromatic rings. The molecule has 2 N–H and O–H groups in total. The van der Waals surface area contributed by atoms with Crippen LogP contribution < -0.4 is 10.5 Å². The van der Waals surface area contributed by atoms with Crippen LogP contribution in [0.5, 0.6) is 5.75 Å². The number of nitrogens with zero attached hydrogens (tertiary/aromatic N) is 2. The van der Waals surface area contributed by atoms with Crippen molar-refractivity contribution in [3.8, 4) is 5.75 Å². The van der Waals surface area contributed by atoms with Crippen LogP contribution in [0.3, 0.4) is 0 Å². The molecule has 0 amide bonds. The zero-order chi connectivity index (χ0) is 14.7.